The molecular weight excluding hydrogens is 494 g/mol. The SMILES string of the molecule is COC(=O)[C@H](Cc1ccccc1)N(N[C@@H](Cc1ccc([N+](=O)[O-])cc1)C(=O)O)C(=O)OCc1ccccc1. The van der Waals surface area contributed by atoms with E-state index in [0.717, 1.165) is 5.01 Å². The van der Waals surface area contributed by atoms with Gasteiger partial charge >= 0.3 is 18.0 Å². The second kappa shape index (κ2) is 13.5. The third kappa shape index (κ3) is 7.87. The van der Waals surface area contributed by atoms with Gasteiger partial charge in [0.2, 0.25) is 0 Å². The predicted octanol–water partition coefficient (Wildman–Crippen LogP) is 3.52. The standard InChI is InChI=1S/C27H27N3O8/c1-37-26(33)24(17-19-8-4-2-5-9-19)29(27(34)38-18-21-10-6-3-7-11-21)28-23(25(31)32)16-20-12-14-22(15-13-20)30(35)36/h2-15,23-24,28H,16-18H2,1H3,(H,31,32)/t23-,24-/m0/s1. The summed E-state index contributed by atoms with van der Waals surface area (Å²) in [6.07, 6.45) is -1.10. The molecule has 198 valence electrons. The molecule has 2 N–H and O–H groups in total. The lowest BCUT2D eigenvalue weighted by atomic mass is 10.0. The number of ether oxygens (including phenoxy) is 2. The number of benzene rings is 3. The van der Waals surface area contributed by atoms with Crippen molar-refractivity contribution in [3.05, 3.63) is 112 Å². The second-order valence-electron chi connectivity index (χ2n) is 8.29. The average Bonchev–Trinajstić information content (AvgIpc) is 2.93. The molecule has 0 aliphatic carbocycles. The quantitative estimate of drug-likeness (QED) is 0.207. The summed E-state index contributed by atoms with van der Waals surface area (Å²) >= 11 is 0. The minimum absolute atomic E-state index is 0.0187. The number of esters is 1. The van der Waals surface area contributed by atoms with Crippen LogP contribution in [0, 0.1) is 10.1 Å². The van der Waals surface area contributed by atoms with Gasteiger partial charge in [0.25, 0.3) is 5.69 Å². The summed E-state index contributed by atoms with van der Waals surface area (Å²) in [7, 11) is 1.17. The lowest BCUT2D eigenvalue weighted by molar-refractivity contribution is -0.384. The van der Waals surface area contributed by atoms with E-state index < -0.39 is 35.0 Å². The predicted molar refractivity (Wildman–Crippen MR) is 136 cm³/mol. The van der Waals surface area contributed by atoms with E-state index in [9.17, 15) is 29.6 Å². The monoisotopic (exact) mass is 521 g/mol. The normalized spacial score (nSPS) is 12.1. The van der Waals surface area contributed by atoms with Crippen LogP contribution in [0.25, 0.3) is 0 Å². The van der Waals surface area contributed by atoms with Crippen LogP contribution >= 0.6 is 0 Å². The van der Waals surface area contributed by atoms with E-state index in [1.54, 1.807) is 54.6 Å². The van der Waals surface area contributed by atoms with Crippen LogP contribution in [0.15, 0.2) is 84.9 Å². The van der Waals surface area contributed by atoms with Crippen molar-refractivity contribution in [2.45, 2.75) is 31.5 Å². The molecule has 0 fully saturated rings. The Morgan fingerprint density at radius 2 is 1.45 bits per heavy atom. The summed E-state index contributed by atoms with van der Waals surface area (Å²) in [5.41, 5.74) is 4.35. The number of hydrogen-bond acceptors (Lipinski definition) is 8. The van der Waals surface area contributed by atoms with Crippen LogP contribution in [0.3, 0.4) is 0 Å². The zero-order valence-electron chi connectivity index (χ0n) is 20.6. The van der Waals surface area contributed by atoms with Crippen molar-refractivity contribution in [3.8, 4) is 0 Å². The molecule has 3 aromatic carbocycles. The maximum atomic E-state index is 13.3. The molecule has 0 saturated carbocycles. The number of nitro groups is 1. The van der Waals surface area contributed by atoms with E-state index in [0.29, 0.717) is 16.7 Å². The Morgan fingerprint density at radius 3 is 1.97 bits per heavy atom. The second-order valence-corrected chi connectivity index (χ2v) is 8.29. The fourth-order valence-electron chi connectivity index (χ4n) is 3.66. The number of amides is 1. The topological polar surface area (TPSA) is 148 Å². The Bertz CT molecular complexity index is 1240. The van der Waals surface area contributed by atoms with Crippen LogP contribution in [-0.4, -0.2) is 52.3 Å². The first kappa shape index (κ1) is 27.8. The molecule has 0 radical (unpaired) electrons. The molecule has 0 aliphatic rings. The first-order valence-corrected chi connectivity index (χ1v) is 11.6. The van der Waals surface area contributed by atoms with Crippen LogP contribution in [-0.2, 0) is 38.5 Å². The molecule has 0 aliphatic heterocycles. The molecule has 1 amide bonds. The van der Waals surface area contributed by atoms with Crippen molar-refractivity contribution < 1.29 is 33.9 Å². The number of aliphatic carboxylic acids is 1. The fourth-order valence-corrected chi connectivity index (χ4v) is 3.66. The number of carbonyl (C=O) groups excluding carboxylic acids is 2. The Balaban J connectivity index is 1.89. The van der Waals surface area contributed by atoms with Gasteiger partial charge in [-0.1, -0.05) is 72.8 Å². The number of nitrogens with zero attached hydrogens (tertiary/aromatic N) is 2. The van der Waals surface area contributed by atoms with Gasteiger partial charge in [-0.2, -0.15) is 0 Å². The van der Waals surface area contributed by atoms with E-state index >= 15 is 0 Å². The smallest absolute Gasteiger partial charge is 0.425 e. The third-order valence-electron chi connectivity index (χ3n) is 5.64. The highest BCUT2D eigenvalue weighted by Gasteiger charge is 2.35. The molecule has 11 heteroatoms. The van der Waals surface area contributed by atoms with Crippen LogP contribution in [0.4, 0.5) is 10.5 Å². The van der Waals surface area contributed by atoms with Crippen LogP contribution in [0.5, 0.6) is 0 Å². The number of carboxylic acid groups (broad SMARTS) is 1. The van der Waals surface area contributed by atoms with E-state index in [1.807, 2.05) is 6.07 Å². The molecule has 38 heavy (non-hydrogen) atoms. The molecule has 3 aromatic rings. The molecule has 3 rings (SSSR count). The highest BCUT2D eigenvalue weighted by atomic mass is 16.6. The number of hydrogen-bond donors (Lipinski definition) is 2. The molecule has 11 nitrogen and oxygen atoms in total. The number of methoxy groups -OCH3 is 1. The summed E-state index contributed by atoms with van der Waals surface area (Å²) in [6.45, 7) is -0.114. The molecule has 0 saturated heterocycles. The lowest BCUT2D eigenvalue weighted by Crippen LogP contribution is -2.59. The molecule has 0 bridgehead atoms. The minimum Gasteiger partial charge on any atom is -0.480 e. The van der Waals surface area contributed by atoms with E-state index in [-0.39, 0.29) is 25.1 Å². The number of hydrazine groups is 1. The van der Waals surface area contributed by atoms with Crippen molar-refractivity contribution in [1.82, 2.24) is 10.4 Å². The number of carbonyl (C=O) groups is 3. The average molecular weight is 522 g/mol. The van der Waals surface area contributed by atoms with Crippen molar-refractivity contribution in [2.75, 3.05) is 7.11 Å². The van der Waals surface area contributed by atoms with Gasteiger partial charge in [-0.15, -0.1) is 0 Å². The summed E-state index contributed by atoms with van der Waals surface area (Å²) in [5.74, 6) is -2.09. The summed E-state index contributed by atoms with van der Waals surface area (Å²) in [4.78, 5) is 48.6. The summed E-state index contributed by atoms with van der Waals surface area (Å²) in [5, 5.41) is 21.7. The minimum atomic E-state index is -1.39. The molecule has 0 aromatic heterocycles. The fraction of sp³-hybridized carbons (Fsp3) is 0.222. The Hall–Kier alpha value is -4.77. The zero-order valence-corrected chi connectivity index (χ0v) is 20.6. The Kier molecular flexibility index (Phi) is 9.89. The molecule has 0 spiro atoms. The first-order chi connectivity index (χ1) is 18.3. The van der Waals surface area contributed by atoms with Gasteiger partial charge in [0.15, 0.2) is 6.04 Å². The first-order valence-electron chi connectivity index (χ1n) is 11.6. The Labute approximate surface area is 218 Å². The lowest BCUT2D eigenvalue weighted by Gasteiger charge is -2.32. The zero-order chi connectivity index (χ0) is 27.5. The van der Waals surface area contributed by atoms with E-state index in [1.165, 1.54) is 31.4 Å². The van der Waals surface area contributed by atoms with Crippen LogP contribution in [0.1, 0.15) is 16.7 Å². The maximum absolute atomic E-state index is 13.3. The molecular formula is C27H27N3O8. The van der Waals surface area contributed by atoms with Gasteiger partial charge in [-0.25, -0.2) is 20.0 Å². The summed E-state index contributed by atoms with van der Waals surface area (Å²) in [6, 6.07) is 20.4. The number of rotatable bonds is 12. The van der Waals surface area contributed by atoms with Gasteiger partial charge in [0.05, 0.1) is 12.0 Å². The van der Waals surface area contributed by atoms with Crippen LogP contribution in [0.2, 0.25) is 0 Å². The largest absolute Gasteiger partial charge is 0.480 e. The number of carboxylic acids is 1. The van der Waals surface area contributed by atoms with Gasteiger partial charge in [0.1, 0.15) is 12.6 Å². The van der Waals surface area contributed by atoms with Crippen molar-refractivity contribution in [1.29, 1.82) is 0 Å². The van der Waals surface area contributed by atoms with E-state index in [4.69, 9.17) is 9.47 Å². The summed E-state index contributed by atoms with van der Waals surface area (Å²) < 4.78 is 10.4. The van der Waals surface area contributed by atoms with E-state index in [2.05, 4.69) is 5.43 Å². The number of non-ortho nitro benzene ring substituents is 1. The highest BCUT2D eigenvalue weighted by molar-refractivity contribution is 5.82. The molecule has 0 unspecified atom stereocenters. The van der Waals surface area contributed by atoms with Gasteiger partial charge in [-0.05, 0) is 16.7 Å². The van der Waals surface area contributed by atoms with Crippen molar-refractivity contribution >= 4 is 23.7 Å². The third-order valence-corrected chi connectivity index (χ3v) is 5.64. The highest BCUT2D eigenvalue weighted by Crippen LogP contribution is 2.16. The molecule has 2 atom stereocenters. The van der Waals surface area contributed by atoms with Crippen molar-refractivity contribution in [2.24, 2.45) is 0 Å². The molecule has 0 heterocycles. The van der Waals surface area contributed by atoms with Gasteiger partial charge in [-0.3, -0.25) is 14.9 Å². The Morgan fingerprint density at radius 1 is 0.895 bits per heavy atom. The van der Waals surface area contributed by atoms with Gasteiger partial charge < -0.3 is 14.6 Å². The van der Waals surface area contributed by atoms with Crippen molar-refractivity contribution in [3.63, 3.8) is 0 Å². The maximum Gasteiger partial charge on any atom is 0.425 e. The van der Waals surface area contributed by atoms with Crippen LogP contribution < -0.4 is 5.43 Å². The number of nitro benzene ring substituents is 1. The number of nitrogens with one attached hydrogen (secondary N) is 1. The van der Waals surface area contributed by atoms with Gasteiger partial charge in [0, 0.05) is 25.0 Å².